The molecule has 190 valence electrons. The zero-order valence-electron chi connectivity index (χ0n) is 18.9. The highest BCUT2D eigenvalue weighted by molar-refractivity contribution is 4.91. The molecule has 11 heteroatoms. The smallest absolute Gasteiger partial charge is 0.186 e. The second kappa shape index (κ2) is 14.1. The molecule has 0 amide bonds. The van der Waals surface area contributed by atoms with Gasteiger partial charge in [-0.3, -0.25) is 0 Å². The van der Waals surface area contributed by atoms with Crippen molar-refractivity contribution in [2.45, 2.75) is 107 Å². The number of aliphatic hydroxyl groups excluding tert-OH is 6. The minimum absolute atomic E-state index is 0.0351. The lowest BCUT2D eigenvalue weighted by Gasteiger charge is -2.42. The third kappa shape index (κ3) is 7.54. The van der Waals surface area contributed by atoms with Crippen LogP contribution in [0.3, 0.4) is 0 Å². The summed E-state index contributed by atoms with van der Waals surface area (Å²) in [6.07, 6.45) is -6.95. The average Bonchev–Trinajstić information content (AvgIpc) is 2.78. The fourth-order valence-electron chi connectivity index (χ4n) is 3.82. The van der Waals surface area contributed by atoms with Crippen molar-refractivity contribution < 1.29 is 54.3 Å². The Morgan fingerprint density at radius 1 is 0.594 bits per heavy atom. The highest BCUT2D eigenvalue weighted by Gasteiger charge is 2.47. The van der Waals surface area contributed by atoms with Gasteiger partial charge in [-0.1, -0.05) is 39.0 Å². The molecule has 0 unspecified atom stereocenters. The van der Waals surface area contributed by atoms with Gasteiger partial charge in [-0.05, 0) is 6.42 Å². The van der Waals surface area contributed by atoms with E-state index in [1.54, 1.807) is 0 Å². The first-order valence-electron chi connectivity index (χ1n) is 11.4. The summed E-state index contributed by atoms with van der Waals surface area (Å²) in [6, 6.07) is 0. The van der Waals surface area contributed by atoms with Gasteiger partial charge < -0.3 is 54.3 Å². The fourth-order valence-corrected chi connectivity index (χ4v) is 3.82. The minimum Gasteiger partial charge on any atom is -0.387 e. The first kappa shape index (κ1) is 27.8. The zero-order valence-corrected chi connectivity index (χ0v) is 18.9. The van der Waals surface area contributed by atoms with Gasteiger partial charge in [0.15, 0.2) is 12.6 Å². The molecule has 0 aliphatic carbocycles. The highest BCUT2D eigenvalue weighted by Crippen LogP contribution is 2.26. The van der Waals surface area contributed by atoms with Crippen molar-refractivity contribution in [1.82, 2.24) is 0 Å². The number of unbranched alkanes of at least 4 members (excludes halogenated alkanes) is 5. The van der Waals surface area contributed by atoms with Crippen LogP contribution in [0.5, 0.6) is 0 Å². The second-order valence-electron chi connectivity index (χ2n) is 8.46. The largest absolute Gasteiger partial charge is 0.387 e. The highest BCUT2D eigenvalue weighted by atomic mass is 16.7. The molecule has 32 heavy (non-hydrogen) atoms. The molecular weight excluding hydrogens is 428 g/mol. The number of ether oxygens (including phenoxy) is 5. The van der Waals surface area contributed by atoms with E-state index >= 15 is 0 Å². The molecule has 2 aliphatic rings. The van der Waals surface area contributed by atoms with Crippen LogP contribution < -0.4 is 0 Å². The first-order chi connectivity index (χ1) is 15.3. The maximum atomic E-state index is 10.3. The van der Waals surface area contributed by atoms with Crippen LogP contribution in [0.2, 0.25) is 0 Å². The Kier molecular flexibility index (Phi) is 12.2. The molecule has 10 atom stereocenters. The number of hydrogen-bond donors (Lipinski definition) is 6. The molecule has 2 rings (SSSR count). The van der Waals surface area contributed by atoms with Gasteiger partial charge in [0.05, 0.1) is 13.2 Å². The molecule has 0 aromatic heterocycles. The summed E-state index contributed by atoms with van der Waals surface area (Å²) in [4.78, 5) is 0. The maximum Gasteiger partial charge on any atom is 0.186 e. The lowest BCUT2D eigenvalue weighted by Crippen LogP contribution is -2.61. The van der Waals surface area contributed by atoms with Gasteiger partial charge >= 0.3 is 0 Å². The topological polar surface area (TPSA) is 168 Å². The molecule has 0 spiro atoms. The van der Waals surface area contributed by atoms with Crippen LogP contribution in [0.4, 0.5) is 0 Å². The summed E-state index contributed by atoms with van der Waals surface area (Å²) in [7, 11) is 1.40. The van der Waals surface area contributed by atoms with Gasteiger partial charge in [0, 0.05) is 13.7 Å². The van der Waals surface area contributed by atoms with Gasteiger partial charge in [-0.2, -0.15) is 0 Å². The third-order valence-electron chi connectivity index (χ3n) is 5.87. The molecule has 0 saturated carbocycles. The van der Waals surface area contributed by atoms with Gasteiger partial charge in [-0.15, -0.1) is 0 Å². The van der Waals surface area contributed by atoms with E-state index < -0.39 is 61.4 Å². The van der Waals surface area contributed by atoms with Crippen molar-refractivity contribution in [3.05, 3.63) is 0 Å². The maximum absolute atomic E-state index is 10.3. The average molecular weight is 469 g/mol. The fraction of sp³-hybridized carbons (Fsp3) is 1.00. The van der Waals surface area contributed by atoms with E-state index in [0.29, 0.717) is 6.61 Å². The second-order valence-corrected chi connectivity index (χ2v) is 8.46. The van der Waals surface area contributed by atoms with Gasteiger partial charge in [0.2, 0.25) is 0 Å². The van der Waals surface area contributed by atoms with E-state index in [9.17, 15) is 30.6 Å². The Hall–Kier alpha value is -0.440. The third-order valence-corrected chi connectivity index (χ3v) is 5.87. The SMILES string of the molecule is CCCCCCCCO[C@H]1O[C@H](CO[C@H]2O[C@H](COC)[C@@H](O)[C@H](O)[C@@H]2O)[C@@H](O)[C@H](O)[C@@H]1O. The molecule has 0 bridgehead atoms. The first-order valence-corrected chi connectivity index (χ1v) is 11.4. The van der Waals surface area contributed by atoms with E-state index in [1.807, 2.05) is 0 Å². The Morgan fingerprint density at radius 2 is 1.09 bits per heavy atom. The monoisotopic (exact) mass is 468 g/mol. The zero-order chi connectivity index (χ0) is 23.7. The number of hydrogen-bond acceptors (Lipinski definition) is 11. The molecular formula is C21H40O11. The lowest BCUT2D eigenvalue weighted by atomic mass is 9.98. The summed E-state index contributed by atoms with van der Waals surface area (Å²) in [6.45, 7) is 2.12. The van der Waals surface area contributed by atoms with E-state index in [1.165, 1.54) is 13.5 Å². The molecule has 2 fully saturated rings. The Bertz CT molecular complexity index is 510. The van der Waals surface area contributed by atoms with Gasteiger partial charge in [0.1, 0.15) is 48.8 Å². The molecule has 0 radical (unpaired) electrons. The van der Waals surface area contributed by atoms with Crippen LogP contribution in [0, 0.1) is 0 Å². The minimum atomic E-state index is -1.55. The predicted octanol–water partition coefficient (Wildman–Crippen LogP) is -1.36. The predicted molar refractivity (Wildman–Crippen MR) is 111 cm³/mol. The summed E-state index contributed by atoms with van der Waals surface area (Å²) < 4.78 is 27.0. The van der Waals surface area contributed by atoms with Crippen molar-refractivity contribution in [2.75, 3.05) is 26.9 Å². The van der Waals surface area contributed by atoms with E-state index in [4.69, 9.17) is 23.7 Å². The molecule has 2 aliphatic heterocycles. The van der Waals surface area contributed by atoms with Crippen molar-refractivity contribution >= 4 is 0 Å². The van der Waals surface area contributed by atoms with E-state index in [0.717, 1.165) is 32.1 Å². The Labute approximate surface area is 188 Å². The quantitative estimate of drug-likeness (QED) is 0.177. The molecule has 2 saturated heterocycles. The van der Waals surface area contributed by atoms with Crippen molar-refractivity contribution in [3.8, 4) is 0 Å². The number of aliphatic hydroxyl groups is 6. The van der Waals surface area contributed by atoms with Crippen LogP contribution in [0.1, 0.15) is 45.4 Å². The Morgan fingerprint density at radius 3 is 1.66 bits per heavy atom. The van der Waals surface area contributed by atoms with Gasteiger partial charge in [-0.25, -0.2) is 0 Å². The van der Waals surface area contributed by atoms with Gasteiger partial charge in [0.25, 0.3) is 0 Å². The van der Waals surface area contributed by atoms with E-state index in [-0.39, 0.29) is 13.2 Å². The van der Waals surface area contributed by atoms with Crippen LogP contribution in [-0.4, -0.2) is 119 Å². The summed E-state index contributed by atoms with van der Waals surface area (Å²) >= 11 is 0. The molecule has 6 N–H and O–H groups in total. The molecule has 11 nitrogen and oxygen atoms in total. The van der Waals surface area contributed by atoms with Crippen molar-refractivity contribution in [2.24, 2.45) is 0 Å². The summed E-state index contributed by atoms with van der Waals surface area (Å²) in [5, 5.41) is 60.7. The van der Waals surface area contributed by atoms with Crippen LogP contribution in [0.25, 0.3) is 0 Å². The summed E-state index contributed by atoms with van der Waals surface area (Å²) in [5.41, 5.74) is 0. The van der Waals surface area contributed by atoms with Crippen LogP contribution >= 0.6 is 0 Å². The normalized spacial score (nSPS) is 40.5. The molecule has 2 heterocycles. The lowest BCUT2D eigenvalue weighted by molar-refractivity contribution is -0.331. The van der Waals surface area contributed by atoms with Crippen LogP contribution in [0.15, 0.2) is 0 Å². The summed E-state index contributed by atoms with van der Waals surface area (Å²) in [5.74, 6) is 0. The number of methoxy groups -OCH3 is 1. The Balaban J connectivity index is 1.84. The number of rotatable bonds is 13. The van der Waals surface area contributed by atoms with Crippen LogP contribution in [-0.2, 0) is 23.7 Å². The molecule has 0 aromatic rings. The van der Waals surface area contributed by atoms with E-state index in [2.05, 4.69) is 6.92 Å². The molecule has 0 aromatic carbocycles. The van der Waals surface area contributed by atoms with Crippen molar-refractivity contribution in [3.63, 3.8) is 0 Å². The van der Waals surface area contributed by atoms with Crippen molar-refractivity contribution in [1.29, 1.82) is 0 Å². The standard InChI is InChI=1S/C21H40O11/c1-3-4-5-6-7-8-9-29-20-18(26)17(25)15(23)13(32-20)11-30-21-19(27)16(24)14(22)12(31-21)10-28-2/h12-27H,3-11H2,1-2H3/t12-,13-,14-,15-,16+,17+,18+,19+,20+,21+/m1/s1.